The molecule has 7 nitrogen and oxygen atoms in total. The predicted octanol–water partition coefficient (Wildman–Crippen LogP) is -0.643. The summed E-state index contributed by atoms with van der Waals surface area (Å²) in [5, 5.41) is 11.2. The molecule has 2 rings (SSSR count). The Morgan fingerprint density at radius 1 is 1.32 bits per heavy atom. The van der Waals surface area contributed by atoms with Crippen LogP contribution in [0.15, 0.2) is 0 Å². The van der Waals surface area contributed by atoms with E-state index in [4.69, 9.17) is 9.84 Å². The lowest BCUT2D eigenvalue weighted by Crippen LogP contribution is -2.48. The third kappa shape index (κ3) is 3.66. The van der Waals surface area contributed by atoms with Gasteiger partial charge in [-0.1, -0.05) is 0 Å². The Bertz CT molecular complexity index is 376. The molecule has 2 heterocycles. The highest BCUT2D eigenvalue weighted by Crippen LogP contribution is 2.17. The fourth-order valence-corrected chi connectivity index (χ4v) is 2.45. The average Bonchev–Trinajstić information content (AvgIpc) is 2.83. The first kappa shape index (κ1) is 13.8. The van der Waals surface area contributed by atoms with Crippen LogP contribution in [0.3, 0.4) is 0 Å². The average molecular weight is 270 g/mol. The molecular formula is C12H18N2O5. The van der Waals surface area contributed by atoms with E-state index in [1.807, 2.05) is 0 Å². The maximum atomic E-state index is 12.1. The van der Waals surface area contributed by atoms with Crippen LogP contribution in [0.5, 0.6) is 0 Å². The minimum atomic E-state index is -0.979. The summed E-state index contributed by atoms with van der Waals surface area (Å²) < 4.78 is 5.21. The van der Waals surface area contributed by atoms with Crippen LogP contribution in [0.25, 0.3) is 0 Å². The first-order valence-electron chi connectivity index (χ1n) is 6.48. The summed E-state index contributed by atoms with van der Waals surface area (Å²) in [5.41, 5.74) is 0. The topological polar surface area (TPSA) is 95.9 Å². The predicted molar refractivity (Wildman–Crippen MR) is 64.4 cm³/mol. The zero-order valence-corrected chi connectivity index (χ0v) is 10.6. The number of carboxylic acids is 1. The van der Waals surface area contributed by atoms with Gasteiger partial charge in [0.1, 0.15) is 12.6 Å². The molecule has 2 fully saturated rings. The molecule has 19 heavy (non-hydrogen) atoms. The minimum absolute atomic E-state index is 0.0393. The molecule has 2 aliphatic rings. The Morgan fingerprint density at radius 3 is 2.53 bits per heavy atom. The van der Waals surface area contributed by atoms with Crippen LogP contribution in [0.2, 0.25) is 0 Å². The quantitative estimate of drug-likeness (QED) is 0.708. The highest BCUT2D eigenvalue weighted by Gasteiger charge is 2.32. The van der Waals surface area contributed by atoms with Crippen LogP contribution in [0.4, 0.5) is 0 Å². The number of ether oxygens (including phenoxy) is 1. The number of nitrogens with one attached hydrogen (secondary N) is 1. The van der Waals surface area contributed by atoms with Crippen molar-refractivity contribution >= 4 is 17.8 Å². The van der Waals surface area contributed by atoms with E-state index in [2.05, 4.69) is 5.32 Å². The van der Waals surface area contributed by atoms with Gasteiger partial charge in [-0.05, 0) is 19.3 Å². The van der Waals surface area contributed by atoms with Crippen molar-refractivity contribution in [2.24, 2.45) is 0 Å². The largest absolute Gasteiger partial charge is 0.480 e. The number of piperidine rings is 1. The number of aliphatic carboxylic acids is 1. The molecule has 2 amide bonds. The normalized spacial score (nSPS) is 24.3. The van der Waals surface area contributed by atoms with Crippen molar-refractivity contribution in [2.75, 3.05) is 19.7 Å². The fraction of sp³-hybridized carbons (Fsp3) is 0.750. The number of hydrogen-bond acceptors (Lipinski definition) is 4. The lowest BCUT2D eigenvalue weighted by molar-refractivity contribution is -0.147. The van der Waals surface area contributed by atoms with Gasteiger partial charge in [0.2, 0.25) is 11.8 Å². The second-order valence-corrected chi connectivity index (χ2v) is 4.89. The molecule has 0 radical (unpaired) electrons. The van der Waals surface area contributed by atoms with Gasteiger partial charge in [-0.25, -0.2) is 4.79 Å². The van der Waals surface area contributed by atoms with Gasteiger partial charge >= 0.3 is 5.97 Å². The van der Waals surface area contributed by atoms with E-state index in [0.29, 0.717) is 38.8 Å². The number of carbonyl (C=O) groups excluding carboxylic acids is 2. The standard InChI is InChI=1S/C12H18N2O5/c15-10-2-1-9(13-10)12(18)14-5-3-8(4-6-14)19-7-11(16)17/h8-9H,1-7H2,(H,13,15)(H,16,17)/t9-/m0/s1. The molecular weight excluding hydrogens is 252 g/mol. The third-order valence-electron chi connectivity index (χ3n) is 3.49. The van der Waals surface area contributed by atoms with Gasteiger partial charge in [-0.3, -0.25) is 9.59 Å². The molecule has 2 N–H and O–H groups in total. The number of carbonyl (C=O) groups is 3. The molecule has 0 aromatic heterocycles. The molecule has 0 aromatic carbocycles. The summed E-state index contributed by atoms with van der Waals surface area (Å²) in [4.78, 5) is 35.3. The molecule has 0 unspecified atom stereocenters. The van der Waals surface area contributed by atoms with Gasteiger partial charge in [0.05, 0.1) is 6.10 Å². The van der Waals surface area contributed by atoms with Crippen LogP contribution in [0.1, 0.15) is 25.7 Å². The second kappa shape index (κ2) is 6.01. The Kier molecular flexibility index (Phi) is 4.36. The zero-order valence-electron chi connectivity index (χ0n) is 10.6. The lowest BCUT2D eigenvalue weighted by Gasteiger charge is -2.33. The van der Waals surface area contributed by atoms with Crippen LogP contribution >= 0.6 is 0 Å². The van der Waals surface area contributed by atoms with Crippen molar-refractivity contribution in [2.45, 2.75) is 37.8 Å². The summed E-state index contributed by atoms with van der Waals surface area (Å²) >= 11 is 0. The first-order chi connectivity index (χ1) is 9.06. The van der Waals surface area contributed by atoms with Crippen molar-refractivity contribution < 1.29 is 24.2 Å². The number of rotatable bonds is 4. The molecule has 7 heteroatoms. The maximum absolute atomic E-state index is 12.1. The summed E-state index contributed by atoms with van der Waals surface area (Å²) in [7, 11) is 0. The monoisotopic (exact) mass is 270 g/mol. The number of amides is 2. The van der Waals surface area contributed by atoms with Crippen LogP contribution < -0.4 is 5.32 Å². The van der Waals surface area contributed by atoms with E-state index >= 15 is 0 Å². The van der Waals surface area contributed by atoms with Gasteiger partial charge < -0.3 is 20.1 Å². The van der Waals surface area contributed by atoms with Crippen molar-refractivity contribution in [3.8, 4) is 0 Å². The Labute approximate surface area is 110 Å². The zero-order chi connectivity index (χ0) is 13.8. The minimum Gasteiger partial charge on any atom is -0.480 e. The first-order valence-corrected chi connectivity index (χ1v) is 6.48. The molecule has 0 aliphatic carbocycles. The lowest BCUT2D eigenvalue weighted by atomic mass is 10.1. The van der Waals surface area contributed by atoms with Crippen molar-refractivity contribution in [3.05, 3.63) is 0 Å². The maximum Gasteiger partial charge on any atom is 0.329 e. The van der Waals surface area contributed by atoms with Gasteiger partial charge in [-0.2, -0.15) is 0 Å². The Hall–Kier alpha value is -1.63. The molecule has 0 spiro atoms. The van der Waals surface area contributed by atoms with Crippen LogP contribution in [-0.2, 0) is 19.1 Å². The Balaban J connectivity index is 1.75. The van der Waals surface area contributed by atoms with Gasteiger partial charge in [0.25, 0.3) is 0 Å². The molecule has 106 valence electrons. The van der Waals surface area contributed by atoms with E-state index < -0.39 is 5.97 Å². The van der Waals surface area contributed by atoms with Gasteiger partial charge in [0.15, 0.2) is 0 Å². The highest BCUT2D eigenvalue weighted by atomic mass is 16.5. The van der Waals surface area contributed by atoms with Crippen LogP contribution in [-0.4, -0.2) is 59.6 Å². The number of carboxylic acid groups (broad SMARTS) is 1. The summed E-state index contributed by atoms with van der Waals surface area (Å²) in [6.45, 7) is 0.808. The third-order valence-corrected chi connectivity index (χ3v) is 3.49. The fourth-order valence-electron chi connectivity index (χ4n) is 2.45. The van der Waals surface area contributed by atoms with E-state index in [-0.39, 0.29) is 30.6 Å². The number of hydrogen-bond donors (Lipinski definition) is 2. The summed E-state index contributed by atoms with van der Waals surface area (Å²) in [6, 6.07) is -0.385. The van der Waals surface area contributed by atoms with Crippen molar-refractivity contribution in [3.63, 3.8) is 0 Å². The molecule has 2 aliphatic heterocycles. The number of nitrogens with zero attached hydrogens (tertiary/aromatic N) is 1. The second-order valence-electron chi connectivity index (χ2n) is 4.89. The SMILES string of the molecule is O=C(O)COC1CCN(C(=O)[C@@H]2CCC(=O)N2)CC1. The van der Waals surface area contributed by atoms with Crippen molar-refractivity contribution in [1.29, 1.82) is 0 Å². The van der Waals surface area contributed by atoms with E-state index in [1.54, 1.807) is 4.90 Å². The molecule has 0 saturated carbocycles. The smallest absolute Gasteiger partial charge is 0.329 e. The van der Waals surface area contributed by atoms with Crippen LogP contribution in [0, 0.1) is 0 Å². The molecule has 2 saturated heterocycles. The molecule has 0 aromatic rings. The van der Waals surface area contributed by atoms with E-state index in [0.717, 1.165) is 0 Å². The van der Waals surface area contributed by atoms with Gasteiger partial charge in [0, 0.05) is 19.5 Å². The number of likely N-dealkylation sites (tertiary alicyclic amines) is 1. The molecule has 0 bridgehead atoms. The molecule has 1 atom stereocenters. The highest BCUT2D eigenvalue weighted by molar-refractivity contribution is 5.90. The van der Waals surface area contributed by atoms with Gasteiger partial charge in [-0.15, -0.1) is 0 Å². The summed E-state index contributed by atoms with van der Waals surface area (Å²) in [5.74, 6) is -1.09. The summed E-state index contributed by atoms with van der Waals surface area (Å²) in [6.07, 6.45) is 2.15. The Morgan fingerprint density at radius 2 is 2.00 bits per heavy atom. The van der Waals surface area contributed by atoms with E-state index in [9.17, 15) is 14.4 Å². The van der Waals surface area contributed by atoms with E-state index in [1.165, 1.54) is 0 Å². The van der Waals surface area contributed by atoms with Crippen molar-refractivity contribution in [1.82, 2.24) is 10.2 Å².